The number of nitroso groups, excluding NO2 is 1. The van der Waals surface area contributed by atoms with Crippen molar-refractivity contribution in [3.63, 3.8) is 0 Å². The lowest BCUT2D eigenvalue weighted by Gasteiger charge is -2.12. The number of aliphatic hydroxyl groups excluding tert-OH is 1. The number of nitrogens with zero attached hydrogens (tertiary/aromatic N) is 2. The van der Waals surface area contributed by atoms with Crippen molar-refractivity contribution in [3.8, 4) is 0 Å². The molecule has 1 aromatic carbocycles. The number of pyridine rings is 1. The van der Waals surface area contributed by atoms with Crippen LogP contribution in [0.4, 0.5) is 0 Å². The van der Waals surface area contributed by atoms with Crippen LogP contribution in [0.5, 0.6) is 0 Å². The number of fused-ring (bicyclic) bond motifs is 1. The zero-order chi connectivity index (χ0) is 15.8. The number of aromatic nitrogens is 1. The molecule has 0 saturated carbocycles. The number of aliphatic hydroxyl groups is 1. The Morgan fingerprint density at radius 1 is 1.45 bits per heavy atom. The summed E-state index contributed by atoms with van der Waals surface area (Å²) in [5, 5.41) is 11.9. The summed E-state index contributed by atoms with van der Waals surface area (Å²) in [5.74, 6) is 1.44. The molecule has 1 atom stereocenters. The third-order valence-corrected chi connectivity index (χ3v) is 5.34. The second kappa shape index (κ2) is 8.99. The second-order valence-corrected chi connectivity index (χ2v) is 6.93. The summed E-state index contributed by atoms with van der Waals surface area (Å²) >= 11 is 1.67. The topological polar surface area (TPSA) is 62.6 Å². The van der Waals surface area contributed by atoms with Gasteiger partial charge in [-0.3, -0.25) is 4.98 Å². The maximum atomic E-state index is 10.5. The molecule has 116 valence electrons. The van der Waals surface area contributed by atoms with Crippen LogP contribution in [0.15, 0.2) is 41.5 Å². The van der Waals surface area contributed by atoms with Crippen LogP contribution >= 0.6 is 20.1 Å². The fourth-order valence-electron chi connectivity index (χ4n) is 2.15. The molecule has 1 aromatic heterocycles. The van der Waals surface area contributed by atoms with E-state index in [1.807, 2.05) is 37.4 Å². The fraction of sp³-hybridized carbons (Fsp3) is 0.375. The number of hydrogen-bond acceptors (Lipinski definition) is 5. The lowest BCUT2D eigenvalue weighted by atomic mass is 10.2. The summed E-state index contributed by atoms with van der Waals surface area (Å²) < 4.78 is 0. The molecule has 2 aromatic rings. The van der Waals surface area contributed by atoms with Crippen molar-refractivity contribution in [2.75, 3.05) is 5.75 Å². The van der Waals surface area contributed by atoms with Crippen LogP contribution < -0.4 is 0 Å². The number of thioether (sulfide) groups is 1. The van der Waals surface area contributed by atoms with E-state index in [0.29, 0.717) is 20.5 Å². The highest BCUT2D eigenvalue weighted by Gasteiger charge is 2.11. The van der Waals surface area contributed by atoms with Gasteiger partial charge >= 0.3 is 0 Å². The third kappa shape index (κ3) is 4.87. The molecule has 1 N–H and O–H groups in total. The Bertz CT molecular complexity index is 663. The van der Waals surface area contributed by atoms with Gasteiger partial charge < -0.3 is 5.11 Å². The maximum Gasteiger partial charge on any atom is 0.0905 e. The van der Waals surface area contributed by atoms with Gasteiger partial charge in [-0.15, -0.1) is 4.91 Å². The predicted molar refractivity (Wildman–Crippen MR) is 96.5 cm³/mol. The molecule has 0 aliphatic carbocycles. The largest absolute Gasteiger partial charge is 0.388 e. The molecular weight excluding hydrogens is 315 g/mol. The summed E-state index contributed by atoms with van der Waals surface area (Å²) in [6, 6.07) is 10.2. The van der Waals surface area contributed by atoms with Gasteiger partial charge in [0.1, 0.15) is 0 Å². The van der Waals surface area contributed by atoms with Crippen molar-refractivity contribution >= 4 is 36.3 Å². The summed E-state index contributed by atoms with van der Waals surface area (Å²) in [6.07, 6.45) is 2.91. The molecule has 1 unspecified atom stereocenters. The van der Waals surface area contributed by atoms with Crippen molar-refractivity contribution in [3.05, 3.63) is 47.0 Å². The minimum atomic E-state index is -0.536. The first-order valence-corrected chi connectivity index (χ1v) is 9.23. The van der Waals surface area contributed by atoms with E-state index in [-0.39, 0.29) is 0 Å². The third-order valence-electron chi connectivity index (χ3n) is 3.28. The van der Waals surface area contributed by atoms with Crippen LogP contribution in [0.1, 0.15) is 25.3 Å². The van der Waals surface area contributed by atoms with Crippen LogP contribution in [-0.2, 0) is 5.75 Å². The van der Waals surface area contributed by atoms with E-state index in [1.165, 1.54) is 0 Å². The molecule has 22 heavy (non-hydrogen) atoms. The first-order chi connectivity index (χ1) is 10.7. The van der Waals surface area contributed by atoms with Crippen LogP contribution in [0, 0.1) is 4.91 Å². The smallest absolute Gasteiger partial charge is 0.0905 e. The van der Waals surface area contributed by atoms with Gasteiger partial charge in [0.25, 0.3) is 0 Å². The first-order valence-electron chi connectivity index (χ1n) is 7.23. The van der Waals surface area contributed by atoms with E-state index in [9.17, 15) is 10.0 Å². The Morgan fingerprint density at radius 3 is 3.05 bits per heavy atom. The summed E-state index contributed by atoms with van der Waals surface area (Å²) in [6.45, 7) is 2.01. The van der Waals surface area contributed by atoms with Gasteiger partial charge in [-0.2, -0.15) is 11.8 Å². The number of rotatable bonds is 8. The Balaban J connectivity index is 1.95. The van der Waals surface area contributed by atoms with Crippen LogP contribution in [0.3, 0.4) is 0 Å². The van der Waals surface area contributed by atoms with E-state index >= 15 is 0 Å². The SMILES string of the molecule is CCCC(O)C(CSCc1cnc2ccccc2c1)=PN=O. The molecule has 2 rings (SSSR count). The second-order valence-electron chi connectivity index (χ2n) is 5.01. The number of para-hydroxylation sites is 1. The lowest BCUT2D eigenvalue weighted by Crippen LogP contribution is -2.20. The molecule has 1 heterocycles. The highest BCUT2D eigenvalue weighted by molar-refractivity contribution is 7.99. The van der Waals surface area contributed by atoms with Gasteiger partial charge in [0.15, 0.2) is 0 Å². The van der Waals surface area contributed by atoms with Gasteiger partial charge in [0.05, 0.1) is 20.0 Å². The van der Waals surface area contributed by atoms with Gasteiger partial charge in [0.2, 0.25) is 0 Å². The van der Waals surface area contributed by atoms with Crippen molar-refractivity contribution in [1.29, 1.82) is 0 Å². The van der Waals surface area contributed by atoms with Gasteiger partial charge in [0, 0.05) is 28.4 Å². The molecule has 0 aliphatic heterocycles. The lowest BCUT2D eigenvalue weighted by molar-refractivity contribution is 0.232. The fourth-order valence-corrected chi connectivity index (χ4v) is 3.92. The zero-order valence-corrected chi connectivity index (χ0v) is 14.2. The molecule has 0 spiro atoms. The Labute approximate surface area is 136 Å². The summed E-state index contributed by atoms with van der Waals surface area (Å²) in [4.78, 5) is 17.8. The van der Waals surface area contributed by atoms with E-state index < -0.39 is 6.10 Å². The highest BCUT2D eigenvalue weighted by Crippen LogP contribution is 2.20. The van der Waals surface area contributed by atoms with E-state index in [1.54, 1.807) is 11.8 Å². The van der Waals surface area contributed by atoms with Crippen molar-refractivity contribution in [2.24, 2.45) is 4.95 Å². The van der Waals surface area contributed by atoms with E-state index in [4.69, 9.17) is 0 Å². The highest BCUT2D eigenvalue weighted by atomic mass is 32.2. The van der Waals surface area contributed by atoms with Gasteiger partial charge in [-0.1, -0.05) is 31.5 Å². The van der Waals surface area contributed by atoms with Crippen molar-refractivity contribution in [1.82, 2.24) is 4.98 Å². The monoisotopic (exact) mass is 334 g/mol. The van der Waals surface area contributed by atoms with E-state index in [0.717, 1.165) is 33.9 Å². The van der Waals surface area contributed by atoms with Gasteiger partial charge in [-0.25, -0.2) is 0 Å². The van der Waals surface area contributed by atoms with Crippen molar-refractivity contribution < 1.29 is 5.11 Å². The first kappa shape index (κ1) is 17.1. The molecule has 0 aliphatic rings. The van der Waals surface area contributed by atoms with Gasteiger partial charge in [-0.05, 0) is 29.1 Å². The molecular formula is C16H19N2O2PS. The van der Waals surface area contributed by atoms with Crippen LogP contribution in [0.2, 0.25) is 0 Å². The van der Waals surface area contributed by atoms with E-state index in [2.05, 4.69) is 16.0 Å². The zero-order valence-electron chi connectivity index (χ0n) is 12.5. The molecule has 6 heteroatoms. The average Bonchev–Trinajstić information content (AvgIpc) is 2.54. The Hall–Kier alpha value is -1.29. The predicted octanol–water partition coefficient (Wildman–Crippen LogP) is 4.43. The molecule has 4 nitrogen and oxygen atoms in total. The van der Waals surface area contributed by atoms with Crippen LogP contribution in [-0.4, -0.2) is 27.2 Å². The molecule has 0 bridgehead atoms. The Morgan fingerprint density at radius 2 is 2.27 bits per heavy atom. The molecule has 0 saturated heterocycles. The molecule has 0 radical (unpaired) electrons. The summed E-state index contributed by atoms with van der Waals surface area (Å²) in [5.41, 5.74) is 2.13. The number of benzene rings is 1. The average molecular weight is 334 g/mol. The standard InChI is InChI=1S/C16H19N2O2PS/c1-2-5-15(19)16(21-18-20)11-22-10-12-8-13-6-3-4-7-14(13)17-9-12/h3-4,6-9,15,19H,2,5,10-11H2,1H3. The maximum absolute atomic E-state index is 10.5. The van der Waals surface area contributed by atoms with Crippen molar-refractivity contribution in [2.45, 2.75) is 31.6 Å². The van der Waals surface area contributed by atoms with Crippen LogP contribution in [0.25, 0.3) is 10.9 Å². The Kier molecular flexibility index (Phi) is 6.97. The molecule has 0 amide bonds. The quantitative estimate of drug-likeness (QED) is 0.573. The molecule has 0 fully saturated rings. The summed E-state index contributed by atoms with van der Waals surface area (Å²) in [7, 11) is 0.355. The minimum Gasteiger partial charge on any atom is -0.388 e. The normalized spacial score (nSPS) is 13.3. The minimum absolute atomic E-state index is 0.355. The number of hydrogen-bond donors (Lipinski definition) is 1.